The third kappa shape index (κ3) is 1.88. The van der Waals surface area contributed by atoms with E-state index in [2.05, 4.69) is 4.98 Å². The fraction of sp³-hybridized carbons (Fsp3) is 0.583. The van der Waals surface area contributed by atoms with Crippen molar-refractivity contribution < 1.29 is 0 Å². The van der Waals surface area contributed by atoms with Crippen molar-refractivity contribution in [3.05, 3.63) is 25.6 Å². The molecule has 0 atom stereocenters. The normalized spacial score (nSPS) is 11.6. The largest absolute Gasteiger partial charge is 0.332 e. The average Bonchev–Trinajstić information content (AvgIpc) is 2.65. The van der Waals surface area contributed by atoms with Crippen LogP contribution in [0, 0.1) is 4.77 Å². The lowest BCUT2D eigenvalue weighted by molar-refractivity contribution is 0.532. The third-order valence-electron chi connectivity index (χ3n) is 3.24. The molecule has 2 heterocycles. The van der Waals surface area contributed by atoms with E-state index in [1.807, 2.05) is 20.8 Å². The Bertz CT molecular complexity index is 791. The van der Waals surface area contributed by atoms with Gasteiger partial charge in [-0.05, 0) is 39.9 Å². The smallest absolute Gasteiger partial charge is 0.316 e. The van der Waals surface area contributed by atoms with Crippen LogP contribution in [0.15, 0.2) is 9.59 Å². The molecule has 0 aromatic carbocycles. The van der Waals surface area contributed by atoms with Gasteiger partial charge < -0.3 is 9.55 Å². The Labute approximate surface area is 115 Å². The van der Waals surface area contributed by atoms with Gasteiger partial charge in [0, 0.05) is 19.1 Å². The monoisotopic (exact) mass is 282 g/mol. The number of aromatic amines is 1. The van der Waals surface area contributed by atoms with Gasteiger partial charge in [-0.25, -0.2) is 4.79 Å². The molecular formula is C12H18N4O2S. The molecule has 1 N–H and O–H groups in total. The summed E-state index contributed by atoms with van der Waals surface area (Å²) < 4.78 is 5.04. The molecule has 0 saturated carbocycles. The second kappa shape index (κ2) is 4.80. The molecule has 104 valence electrons. The first-order chi connectivity index (χ1) is 8.93. The van der Waals surface area contributed by atoms with Crippen LogP contribution in [-0.2, 0) is 13.1 Å². The van der Waals surface area contributed by atoms with E-state index < -0.39 is 0 Å². The Kier molecular flexibility index (Phi) is 3.49. The SMILES string of the molecule is CCn1c(=O)c2c([nH]c(=S)n2CC)n(C(C)C)c1=O. The highest BCUT2D eigenvalue weighted by Gasteiger charge is 2.18. The van der Waals surface area contributed by atoms with Gasteiger partial charge in [0.15, 0.2) is 10.3 Å². The second-order valence-electron chi connectivity index (χ2n) is 4.67. The minimum atomic E-state index is -0.297. The zero-order chi connectivity index (χ0) is 14.3. The minimum Gasteiger partial charge on any atom is -0.316 e. The molecule has 2 rings (SSSR count). The molecule has 0 radical (unpaired) electrons. The van der Waals surface area contributed by atoms with Crippen molar-refractivity contribution in [2.75, 3.05) is 0 Å². The summed E-state index contributed by atoms with van der Waals surface area (Å²) in [4.78, 5) is 27.7. The number of H-pyrrole nitrogens is 1. The topological polar surface area (TPSA) is 64.7 Å². The number of hydrogen-bond acceptors (Lipinski definition) is 3. The number of nitrogens with one attached hydrogen (secondary N) is 1. The van der Waals surface area contributed by atoms with Crippen LogP contribution in [0.25, 0.3) is 11.2 Å². The maximum atomic E-state index is 12.4. The Morgan fingerprint density at radius 1 is 1.16 bits per heavy atom. The van der Waals surface area contributed by atoms with Crippen molar-refractivity contribution in [2.45, 2.75) is 46.8 Å². The Hall–Kier alpha value is -1.63. The van der Waals surface area contributed by atoms with Crippen molar-refractivity contribution in [1.82, 2.24) is 18.7 Å². The zero-order valence-corrected chi connectivity index (χ0v) is 12.4. The predicted octanol–water partition coefficient (Wildman–Crippen LogP) is 1.64. The summed E-state index contributed by atoms with van der Waals surface area (Å²) in [6.07, 6.45) is 0. The highest BCUT2D eigenvalue weighted by atomic mass is 32.1. The number of fused-ring (bicyclic) bond motifs is 1. The highest BCUT2D eigenvalue weighted by molar-refractivity contribution is 7.71. The molecule has 0 bridgehead atoms. The molecule has 6 nitrogen and oxygen atoms in total. The maximum Gasteiger partial charge on any atom is 0.332 e. The summed E-state index contributed by atoms with van der Waals surface area (Å²) in [6, 6.07) is -0.0493. The van der Waals surface area contributed by atoms with Gasteiger partial charge in [0.1, 0.15) is 5.65 Å². The van der Waals surface area contributed by atoms with Gasteiger partial charge in [-0.3, -0.25) is 13.9 Å². The summed E-state index contributed by atoms with van der Waals surface area (Å²) in [5.74, 6) is 0. The van der Waals surface area contributed by atoms with Crippen LogP contribution in [0.3, 0.4) is 0 Å². The lowest BCUT2D eigenvalue weighted by atomic mass is 10.3. The van der Waals surface area contributed by atoms with Crippen LogP contribution in [0.5, 0.6) is 0 Å². The molecule has 2 aromatic rings. The number of nitrogens with zero attached hydrogens (tertiary/aromatic N) is 3. The Morgan fingerprint density at radius 2 is 1.74 bits per heavy atom. The molecule has 2 aromatic heterocycles. The molecule has 0 aliphatic carbocycles. The Balaban J connectivity index is 3.16. The molecule has 0 spiro atoms. The van der Waals surface area contributed by atoms with Crippen LogP contribution >= 0.6 is 12.2 Å². The third-order valence-corrected chi connectivity index (χ3v) is 3.56. The summed E-state index contributed by atoms with van der Waals surface area (Å²) >= 11 is 5.22. The maximum absolute atomic E-state index is 12.4. The number of imidazole rings is 1. The van der Waals surface area contributed by atoms with Gasteiger partial charge in [0.2, 0.25) is 0 Å². The molecule has 7 heteroatoms. The average molecular weight is 282 g/mol. The van der Waals surface area contributed by atoms with E-state index in [1.54, 1.807) is 16.1 Å². The molecule has 0 saturated heterocycles. The second-order valence-corrected chi connectivity index (χ2v) is 5.05. The lowest BCUT2D eigenvalue weighted by Crippen LogP contribution is -2.40. The van der Waals surface area contributed by atoms with Crippen molar-refractivity contribution in [3.8, 4) is 0 Å². The van der Waals surface area contributed by atoms with E-state index >= 15 is 0 Å². The predicted molar refractivity (Wildman–Crippen MR) is 77.4 cm³/mol. The summed E-state index contributed by atoms with van der Waals surface area (Å²) in [6.45, 7) is 8.47. The van der Waals surface area contributed by atoms with Gasteiger partial charge in [-0.2, -0.15) is 0 Å². The molecule has 0 amide bonds. The summed E-state index contributed by atoms with van der Waals surface area (Å²) in [5.41, 5.74) is 0.410. The molecule has 0 unspecified atom stereocenters. The lowest BCUT2D eigenvalue weighted by Gasteiger charge is -2.14. The van der Waals surface area contributed by atoms with E-state index in [9.17, 15) is 9.59 Å². The van der Waals surface area contributed by atoms with Crippen LogP contribution in [-0.4, -0.2) is 18.7 Å². The van der Waals surface area contributed by atoms with E-state index in [0.29, 0.717) is 29.0 Å². The molecule has 19 heavy (non-hydrogen) atoms. The summed E-state index contributed by atoms with van der Waals surface area (Å²) in [5, 5.41) is 0. The van der Waals surface area contributed by atoms with Crippen LogP contribution in [0.1, 0.15) is 33.7 Å². The molecular weight excluding hydrogens is 264 g/mol. The molecule has 0 fully saturated rings. The van der Waals surface area contributed by atoms with Crippen LogP contribution in [0.4, 0.5) is 0 Å². The fourth-order valence-electron chi connectivity index (χ4n) is 2.35. The quantitative estimate of drug-likeness (QED) is 0.870. The number of hydrogen-bond donors (Lipinski definition) is 1. The van der Waals surface area contributed by atoms with Gasteiger partial charge in [-0.1, -0.05) is 0 Å². The first-order valence-corrected chi connectivity index (χ1v) is 6.82. The zero-order valence-electron chi connectivity index (χ0n) is 11.6. The molecule has 0 aliphatic rings. The number of rotatable bonds is 3. The van der Waals surface area contributed by atoms with E-state index in [0.717, 1.165) is 0 Å². The first kappa shape index (κ1) is 13.8. The Morgan fingerprint density at radius 3 is 2.21 bits per heavy atom. The standard InChI is InChI=1S/C12H18N4O2S/c1-5-14-8-9(13-11(14)19)16(7(3)4)12(18)15(6-2)10(8)17/h7H,5-6H2,1-4H3,(H,13,19). The number of aryl methyl sites for hydroxylation is 1. The highest BCUT2D eigenvalue weighted by Crippen LogP contribution is 2.12. The van der Waals surface area contributed by atoms with Crippen molar-refractivity contribution >= 4 is 23.4 Å². The van der Waals surface area contributed by atoms with E-state index in [4.69, 9.17) is 12.2 Å². The minimum absolute atomic E-state index is 0.0493. The van der Waals surface area contributed by atoms with Gasteiger partial charge in [-0.15, -0.1) is 0 Å². The number of aromatic nitrogens is 4. The molecule has 0 aliphatic heterocycles. The first-order valence-electron chi connectivity index (χ1n) is 6.41. The van der Waals surface area contributed by atoms with Gasteiger partial charge >= 0.3 is 5.69 Å². The van der Waals surface area contributed by atoms with Gasteiger partial charge in [0.05, 0.1) is 0 Å². The van der Waals surface area contributed by atoms with Crippen molar-refractivity contribution in [3.63, 3.8) is 0 Å². The van der Waals surface area contributed by atoms with Crippen LogP contribution in [0.2, 0.25) is 0 Å². The van der Waals surface area contributed by atoms with E-state index in [-0.39, 0.29) is 17.3 Å². The van der Waals surface area contributed by atoms with Crippen molar-refractivity contribution in [1.29, 1.82) is 0 Å². The fourth-order valence-corrected chi connectivity index (χ4v) is 2.67. The van der Waals surface area contributed by atoms with Crippen molar-refractivity contribution in [2.24, 2.45) is 0 Å². The van der Waals surface area contributed by atoms with Gasteiger partial charge in [0.25, 0.3) is 5.56 Å². The van der Waals surface area contributed by atoms with Crippen LogP contribution < -0.4 is 11.2 Å². The van der Waals surface area contributed by atoms with E-state index in [1.165, 1.54) is 4.57 Å². The summed E-state index contributed by atoms with van der Waals surface area (Å²) in [7, 11) is 0.